The van der Waals surface area contributed by atoms with Crippen LogP contribution in [0.2, 0.25) is 0 Å². The zero-order valence-electron chi connectivity index (χ0n) is 43.1. The van der Waals surface area contributed by atoms with Gasteiger partial charge in [-0.3, -0.25) is 9.59 Å². The number of ether oxygens (including phenoxy) is 1. The number of benzene rings is 1. The molecular weight excluding hydrogens is 971 g/mol. The number of nitrogens with zero attached hydrogens (tertiary/aromatic N) is 1. The number of allylic oxidation sites excluding steroid dienone is 2. The van der Waals surface area contributed by atoms with Gasteiger partial charge in [0.05, 0.1) is 41.3 Å². The summed E-state index contributed by atoms with van der Waals surface area (Å²) in [7, 11) is 2.43. The summed E-state index contributed by atoms with van der Waals surface area (Å²) >= 11 is 0. The quantitative estimate of drug-likeness (QED) is 0.0913. The number of aromatic hydroxyl groups is 1. The fourth-order valence-electron chi connectivity index (χ4n) is 19.1. The number of rotatable bonds is 8. The molecule has 0 unspecified atom stereocenters. The standard InChI is InChI=1S/C57H81NO13S2/c1-31(2)32(3)45-47(71-45)55(69)15-6-11-35-22-40-41-24-43(63)54(25-44(64)52(68,30-61)28-50(40,54)4)49(67)73-72-27-37-10-5-9-36(26-60)57(37)48(66)58(29-51(57)16-13-34(46(51)65)8-7-19-59)38-20-33(21-39(62)23-38)12-17-53(35)42(55)14-18-56(41,53)70/h6,11,20-21,23-24,31-32,34-37,40,42,44-47,49,59-62,64-65,67-70H,5,7-10,12-19,22,25-30H2,1-4H3/t32-,34-,35+,36+,37-,40+,42+,44-,45+,46+,47-,49+,50-,51-,52-,53-,54+,55-,56-,57+/m1/s1. The fourth-order valence-corrected chi connectivity index (χ4v) is 22.2. The van der Waals surface area contributed by atoms with Crippen LogP contribution in [0.1, 0.15) is 123 Å². The van der Waals surface area contributed by atoms with Crippen LogP contribution in [0.15, 0.2) is 42.0 Å². The van der Waals surface area contributed by atoms with Crippen LogP contribution in [-0.2, 0) is 20.7 Å². The highest BCUT2D eigenvalue weighted by molar-refractivity contribution is 8.76. The zero-order valence-corrected chi connectivity index (χ0v) is 44.7. The van der Waals surface area contributed by atoms with Crippen molar-refractivity contribution in [3.05, 3.63) is 47.6 Å². The molecule has 7 aliphatic carbocycles. The fraction of sp³-hybridized carbons (Fsp3) is 0.789. The lowest BCUT2D eigenvalue weighted by Crippen LogP contribution is -2.72. The molecule has 1 amide bonds. The molecule has 404 valence electrons. The average molecular weight is 1050 g/mol. The van der Waals surface area contributed by atoms with Crippen molar-refractivity contribution in [3.8, 4) is 5.75 Å². The number of hydrogen-bond donors (Lipinski definition) is 10. The smallest absolute Gasteiger partial charge is 0.234 e. The van der Waals surface area contributed by atoms with Crippen molar-refractivity contribution in [2.45, 2.75) is 171 Å². The molecule has 14 nitrogen and oxygen atoms in total. The number of phenolic OH excluding ortho intramolecular Hbond substituents is 1. The van der Waals surface area contributed by atoms with Gasteiger partial charge in [0.25, 0.3) is 0 Å². The van der Waals surface area contributed by atoms with Crippen molar-refractivity contribution in [1.82, 2.24) is 0 Å². The molecule has 0 aromatic heterocycles. The summed E-state index contributed by atoms with van der Waals surface area (Å²) in [5.74, 6) is -2.66. The van der Waals surface area contributed by atoms with Crippen LogP contribution in [0.4, 0.5) is 5.69 Å². The van der Waals surface area contributed by atoms with Crippen molar-refractivity contribution >= 4 is 39.0 Å². The molecule has 5 heterocycles. The number of aryl methyl sites for hydroxylation is 1. The summed E-state index contributed by atoms with van der Waals surface area (Å²) in [5, 5.41) is 122. The van der Waals surface area contributed by atoms with Crippen LogP contribution in [0.25, 0.3) is 0 Å². The third kappa shape index (κ3) is 6.99. The Balaban J connectivity index is 1.11. The number of carbonyl (C=O) groups is 2. The van der Waals surface area contributed by atoms with Gasteiger partial charge in [-0.15, -0.1) is 0 Å². The minimum Gasteiger partial charge on any atom is -0.508 e. The van der Waals surface area contributed by atoms with Crippen LogP contribution in [0, 0.1) is 74.4 Å². The maximum Gasteiger partial charge on any atom is 0.234 e. The Hall–Kier alpha value is -2.06. The first-order valence-electron chi connectivity index (χ1n) is 27.7. The lowest BCUT2D eigenvalue weighted by atomic mass is 9.38. The van der Waals surface area contributed by atoms with Crippen LogP contribution < -0.4 is 4.90 Å². The van der Waals surface area contributed by atoms with E-state index >= 15 is 9.59 Å². The van der Waals surface area contributed by atoms with E-state index in [1.165, 1.54) is 16.9 Å². The van der Waals surface area contributed by atoms with Crippen LogP contribution >= 0.6 is 21.6 Å². The first-order valence-corrected chi connectivity index (χ1v) is 30.1. The number of anilines is 1. The van der Waals surface area contributed by atoms with Gasteiger partial charge < -0.3 is 60.7 Å². The second-order valence-corrected chi connectivity index (χ2v) is 28.3. The van der Waals surface area contributed by atoms with Gasteiger partial charge in [-0.1, -0.05) is 67.9 Å². The first kappa shape index (κ1) is 53.0. The SMILES string of the molecule is CC(C)[C@@H](C)[C@@H]1O[C@H]1[C@@]1(O)CC=C[C@H]2C[C@H]3C4=CC(=O)[C@@]5(C[C@@H](O)[C@](O)(CO)C[C@]35C)[C@@H](O)SSC[C@H]3CCC[C@@H](CO)[C@@]35C(=O)N(C[C@@]53CC[C@@H](CCCO)[C@@H]3O)c3cc(O)cc(c3)CC[C@]23[C@@H]1CC[C@@]43O. The van der Waals surface area contributed by atoms with Crippen LogP contribution in [0.5, 0.6) is 5.75 Å². The monoisotopic (exact) mass is 1050 g/mol. The minimum atomic E-state index is -2.03. The number of fused-ring (bicyclic) bond motifs is 1. The topological polar surface area (TPSA) is 252 Å². The lowest BCUT2D eigenvalue weighted by Gasteiger charge is -2.68. The first-order chi connectivity index (χ1) is 34.6. The largest absolute Gasteiger partial charge is 0.508 e. The number of epoxide rings is 1. The Morgan fingerprint density at radius 2 is 1.74 bits per heavy atom. The zero-order chi connectivity index (χ0) is 52.1. The summed E-state index contributed by atoms with van der Waals surface area (Å²) < 4.78 is 6.51. The number of hydrogen-bond acceptors (Lipinski definition) is 15. The van der Waals surface area contributed by atoms with E-state index in [-0.39, 0.29) is 81.0 Å². The van der Waals surface area contributed by atoms with E-state index in [0.29, 0.717) is 86.8 Å². The number of phenols is 1. The number of ketones is 1. The number of aliphatic hydroxyl groups is 9. The molecule has 1 aromatic rings. The molecule has 7 fully saturated rings. The number of carbonyl (C=O) groups excluding carboxylic acids is 2. The second-order valence-electron chi connectivity index (χ2n) is 25.8. The highest BCUT2D eigenvalue weighted by Crippen LogP contribution is 2.77. The second kappa shape index (κ2) is 18.3. The van der Waals surface area contributed by atoms with Crippen molar-refractivity contribution in [2.24, 2.45) is 74.4 Å². The molecule has 2 saturated heterocycles. The van der Waals surface area contributed by atoms with E-state index in [9.17, 15) is 51.1 Å². The van der Waals surface area contributed by atoms with Crippen molar-refractivity contribution in [3.63, 3.8) is 0 Å². The van der Waals surface area contributed by atoms with Crippen molar-refractivity contribution in [2.75, 3.05) is 37.0 Å². The molecule has 10 N–H and O–H groups in total. The van der Waals surface area contributed by atoms with Gasteiger partial charge >= 0.3 is 0 Å². The molecule has 73 heavy (non-hydrogen) atoms. The number of amides is 1. The molecule has 13 rings (SSSR count). The van der Waals surface area contributed by atoms with Gasteiger partial charge in [-0.25, -0.2) is 0 Å². The maximum absolute atomic E-state index is 16.1. The molecule has 16 heteroatoms. The Labute approximate surface area is 437 Å². The van der Waals surface area contributed by atoms with E-state index in [0.717, 1.165) is 17.2 Å². The van der Waals surface area contributed by atoms with Gasteiger partial charge in [0.2, 0.25) is 5.91 Å². The Kier molecular flexibility index (Phi) is 13.2. The predicted molar refractivity (Wildman–Crippen MR) is 277 cm³/mol. The summed E-state index contributed by atoms with van der Waals surface area (Å²) in [4.78, 5) is 33.6. The number of aliphatic hydroxyl groups excluding tert-OH is 6. The Morgan fingerprint density at radius 3 is 2.47 bits per heavy atom. The summed E-state index contributed by atoms with van der Waals surface area (Å²) in [6.45, 7) is 7.35. The highest BCUT2D eigenvalue weighted by Gasteiger charge is 2.79. The van der Waals surface area contributed by atoms with E-state index in [1.807, 2.05) is 19.1 Å². The predicted octanol–water partition coefficient (Wildman–Crippen LogP) is 5.20. The van der Waals surface area contributed by atoms with E-state index < -0.39 is 110 Å². The summed E-state index contributed by atoms with van der Waals surface area (Å²) in [6.07, 6.45) is 7.82. The third-order valence-electron chi connectivity index (χ3n) is 22.9. The van der Waals surface area contributed by atoms with Gasteiger partial charge in [-0.2, -0.15) is 0 Å². The van der Waals surface area contributed by atoms with Crippen LogP contribution in [-0.4, -0.2) is 142 Å². The van der Waals surface area contributed by atoms with Gasteiger partial charge in [0.1, 0.15) is 28.5 Å². The van der Waals surface area contributed by atoms with E-state index in [1.54, 1.807) is 17.0 Å². The normalized spacial score (nSPS) is 49.5. The Morgan fingerprint density at radius 1 is 0.959 bits per heavy atom. The van der Waals surface area contributed by atoms with Gasteiger partial charge in [0, 0.05) is 54.0 Å². The molecule has 0 radical (unpaired) electrons. The molecule has 20 atom stereocenters. The van der Waals surface area contributed by atoms with Gasteiger partial charge in [0.15, 0.2) is 5.78 Å². The highest BCUT2D eigenvalue weighted by atomic mass is 33.1. The van der Waals surface area contributed by atoms with Crippen molar-refractivity contribution in [1.29, 1.82) is 0 Å². The van der Waals surface area contributed by atoms with E-state index in [2.05, 4.69) is 26.8 Å². The molecular formula is C57H81NO13S2. The maximum atomic E-state index is 16.1. The van der Waals surface area contributed by atoms with Crippen LogP contribution in [0.3, 0.4) is 0 Å². The molecule has 12 aliphatic rings. The minimum absolute atomic E-state index is 0.0320. The van der Waals surface area contributed by atoms with Gasteiger partial charge in [-0.05, 0) is 166 Å². The lowest BCUT2D eigenvalue weighted by molar-refractivity contribution is -0.235. The molecule has 4 spiro atoms. The van der Waals surface area contributed by atoms with Crippen molar-refractivity contribution < 1.29 is 65.4 Å². The summed E-state index contributed by atoms with van der Waals surface area (Å²) in [5.41, 5.74) is -11.3. The average Bonchev–Trinajstić information content (AvgIpc) is 3.97. The molecule has 8 bridgehead atoms. The third-order valence-corrected chi connectivity index (χ3v) is 25.6. The van der Waals surface area contributed by atoms with E-state index in [4.69, 9.17) is 4.74 Å². The molecule has 5 aliphatic heterocycles. The molecule has 1 aromatic carbocycles. The Bertz CT molecular complexity index is 2420. The molecule has 5 saturated carbocycles. The summed E-state index contributed by atoms with van der Waals surface area (Å²) in [6, 6.07) is 5.23.